The molecule has 0 amide bonds. The van der Waals surface area contributed by atoms with Crippen LogP contribution in [0.3, 0.4) is 0 Å². The lowest BCUT2D eigenvalue weighted by atomic mass is 10.1. The van der Waals surface area contributed by atoms with Crippen molar-refractivity contribution in [3.63, 3.8) is 0 Å². The van der Waals surface area contributed by atoms with Gasteiger partial charge in [0.1, 0.15) is 4.90 Å². The molecule has 0 unspecified atom stereocenters. The maximum Gasteiger partial charge on any atom is 0.186 e. The smallest absolute Gasteiger partial charge is 0.186 e. The summed E-state index contributed by atoms with van der Waals surface area (Å²) in [5.74, 6) is -0.435. The fourth-order valence-electron chi connectivity index (χ4n) is 2.53. The minimum atomic E-state index is -3.67. The molecule has 0 aromatic heterocycles. The molecule has 0 spiro atoms. The van der Waals surface area contributed by atoms with Crippen molar-refractivity contribution in [1.29, 1.82) is 0 Å². The van der Waals surface area contributed by atoms with Gasteiger partial charge < -0.3 is 15.7 Å². The summed E-state index contributed by atoms with van der Waals surface area (Å²) in [6.45, 7) is 4.44. The van der Waals surface area contributed by atoms with E-state index in [1.54, 1.807) is 0 Å². The molecule has 112 valence electrons. The van der Waals surface area contributed by atoms with Crippen LogP contribution >= 0.6 is 11.6 Å². The van der Waals surface area contributed by atoms with Crippen LogP contribution in [0.1, 0.15) is 19.8 Å². The highest BCUT2D eigenvalue weighted by molar-refractivity contribution is 7.92. The normalized spacial score (nSPS) is 18.3. The van der Waals surface area contributed by atoms with E-state index in [1.165, 1.54) is 12.1 Å². The fourth-order valence-corrected chi connectivity index (χ4v) is 4.90. The van der Waals surface area contributed by atoms with Gasteiger partial charge in [0.15, 0.2) is 15.6 Å². The summed E-state index contributed by atoms with van der Waals surface area (Å²) in [4.78, 5) is 1.97. The molecule has 20 heavy (non-hydrogen) atoms. The van der Waals surface area contributed by atoms with Gasteiger partial charge in [-0.15, -0.1) is 0 Å². The number of hydrogen-bond donors (Lipinski definition) is 2. The fraction of sp³-hybridized carbons (Fsp3) is 0.538. The van der Waals surface area contributed by atoms with Crippen molar-refractivity contribution in [2.24, 2.45) is 0 Å². The quantitative estimate of drug-likeness (QED) is 0.657. The summed E-state index contributed by atoms with van der Waals surface area (Å²) in [7, 11) is -3.67. The number of nitrogens with two attached hydrogens (primary N) is 1. The lowest BCUT2D eigenvalue weighted by Crippen LogP contribution is -2.39. The maximum atomic E-state index is 12.7. The Balaban J connectivity index is 2.35. The number of halogens is 1. The average Bonchev–Trinajstić information content (AvgIpc) is 2.43. The van der Waals surface area contributed by atoms with Gasteiger partial charge in [-0.1, -0.05) is 18.5 Å². The van der Waals surface area contributed by atoms with Crippen LogP contribution in [0.15, 0.2) is 17.0 Å². The standard InChI is InChI=1S/C13H19ClN2O3S/c1-2-16-7-5-9(6-8-16)20(18,19)13-10(14)3-4-11(15)12(13)17/h3-4,9,17H,2,5-8,15H2,1H3. The SMILES string of the molecule is CCN1CCC(S(=O)(=O)c2c(Cl)ccc(N)c2O)CC1. The van der Waals surface area contributed by atoms with E-state index in [0.717, 1.165) is 19.6 Å². The zero-order valence-electron chi connectivity index (χ0n) is 11.3. The second-order valence-electron chi connectivity index (χ2n) is 4.99. The molecule has 0 radical (unpaired) electrons. The maximum absolute atomic E-state index is 12.7. The molecule has 2 rings (SSSR count). The van der Waals surface area contributed by atoms with E-state index >= 15 is 0 Å². The summed E-state index contributed by atoms with van der Waals surface area (Å²) >= 11 is 5.96. The number of piperidine rings is 1. The van der Waals surface area contributed by atoms with Crippen molar-refractivity contribution < 1.29 is 13.5 Å². The Morgan fingerprint density at radius 2 is 2.00 bits per heavy atom. The second kappa shape index (κ2) is 5.79. The number of benzene rings is 1. The first-order valence-corrected chi connectivity index (χ1v) is 8.53. The highest BCUT2D eigenvalue weighted by Gasteiger charge is 2.34. The first-order valence-electron chi connectivity index (χ1n) is 6.61. The van der Waals surface area contributed by atoms with Gasteiger partial charge in [-0.3, -0.25) is 0 Å². The summed E-state index contributed by atoms with van der Waals surface area (Å²) in [5, 5.41) is 9.45. The van der Waals surface area contributed by atoms with E-state index in [4.69, 9.17) is 17.3 Å². The van der Waals surface area contributed by atoms with Crippen molar-refractivity contribution in [2.45, 2.75) is 29.9 Å². The van der Waals surface area contributed by atoms with E-state index in [0.29, 0.717) is 12.8 Å². The van der Waals surface area contributed by atoms with Crippen LogP contribution in [0.25, 0.3) is 0 Å². The predicted molar refractivity (Wildman–Crippen MR) is 79.9 cm³/mol. The molecular formula is C13H19ClN2O3S. The summed E-state index contributed by atoms with van der Waals surface area (Å²) in [6.07, 6.45) is 1.08. The monoisotopic (exact) mass is 318 g/mol. The molecule has 0 bridgehead atoms. The number of nitrogens with zero attached hydrogens (tertiary/aromatic N) is 1. The Hall–Kier alpha value is -0.980. The van der Waals surface area contributed by atoms with Crippen LogP contribution in [-0.2, 0) is 9.84 Å². The van der Waals surface area contributed by atoms with Gasteiger partial charge in [-0.25, -0.2) is 8.42 Å². The average molecular weight is 319 g/mol. The predicted octanol–water partition coefficient (Wildman–Crippen LogP) is 1.89. The zero-order chi connectivity index (χ0) is 14.9. The van der Waals surface area contributed by atoms with Gasteiger partial charge in [-0.2, -0.15) is 0 Å². The minimum absolute atomic E-state index is 0.0228. The van der Waals surface area contributed by atoms with Crippen LogP contribution in [0.4, 0.5) is 5.69 Å². The van der Waals surface area contributed by atoms with Crippen molar-refractivity contribution in [1.82, 2.24) is 4.90 Å². The third-order valence-electron chi connectivity index (χ3n) is 3.82. The van der Waals surface area contributed by atoms with Crippen molar-refractivity contribution in [2.75, 3.05) is 25.4 Å². The molecule has 0 saturated carbocycles. The van der Waals surface area contributed by atoms with Crippen LogP contribution < -0.4 is 5.73 Å². The lowest BCUT2D eigenvalue weighted by Gasteiger charge is -2.31. The molecule has 3 N–H and O–H groups in total. The molecule has 5 nitrogen and oxygen atoms in total. The third-order valence-corrected chi connectivity index (χ3v) is 6.58. The molecule has 7 heteroatoms. The third kappa shape index (κ3) is 2.73. The molecule has 0 aliphatic carbocycles. The summed E-state index contributed by atoms with van der Waals surface area (Å²) in [6, 6.07) is 2.81. The van der Waals surface area contributed by atoms with Gasteiger partial charge in [0, 0.05) is 0 Å². The van der Waals surface area contributed by atoms with Crippen LogP contribution in [0.2, 0.25) is 5.02 Å². The van der Waals surface area contributed by atoms with E-state index in [2.05, 4.69) is 11.8 Å². The Bertz CT molecular complexity index is 596. The van der Waals surface area contributed by atoms with Gasteiger partial charge in [0.2, 0.25) is 0 Å². The number of likely N-dealkylation sites (tertiary alicyclic amines) is 1. The number of phenolic OH excluding ortho intramolecular Hbond substituents is 1. The topological polar surface area (TPSA) is 83.6 Å². The first-order chi connectivity index (χ1) is 9.37. The second-order valence-corrected chi connectivity index (χ2v) is 7.57. The molecule has 0 atom stereocenters. The molecular weight excluding hydrogens is 300 g/mol. The van der Waals surface area contributed by atoms with Crippen molar-refractivity contribution in [3.05, 3.63) is 17.2 Å². The number of aromatic hydroxyl groups is 1. The van der Waals surface area contributed by atoms with Gasteiger partial charge in [-0.05, 0) is 44.6 Å². The van der Waals surface area contributed by atoms with Crippen LogP contribution in [0, 0.1) is 0 Å². The van der Waals surface area contributed by atoms with E-state index in [1.807, 2.05) is 0 Å². The first kappa shape index (κ1) is 15.4. The largest absolute Gasteiger partial charge is 0.504 e. The highest BCUT2D eigenvalue weighted by Crippen LogP contribution is 2.38. The number of anilines is 1. The van der Waals surface area contributed by atoms with Crippen LogP contribution in [0.5, 0.6) is 5.75 Å². The molecule has 1 aliphatic heterocycles. The molecule has 1 aliphatic rings. The van der Waals surface area contributed by atoms with Gasteiger partial charge in [0.25, 0.3) is 0 Å². The Morgan fingerprint density at radius 3 is 2.55 bits per heavy atom. The van der Waals surface area contributed by atoms with Crippen LogP contribution in [-0.4, -0.2) is 43.3 Å². The number of hydrogen-bond acceptors (Lipinski definition) is 5. The summed E-state index contributed by atoms with van der Waals surface area (Å²) < 4.78 is 25.3. The van der Waals surface area contributed by atoms with Gasteiger partial charge >= 0.3 is 0 Å². The number of nitrogen functional groups attached to an aromatic ring is 1. The van der Waals surface area contributed by atoms with Crippen molar-refractivity contribution in [3.8, 4) is 5.75 Å². The minimum Gasteiger partial charge on any atom is -0.504 e. The number of sulfone groups is 1. The lowest BCUT2D eigenvalue weighted by molar-refractivity contribution is 0.241. The Labute approximate surface area is 124 Å². The Morgan fingerprint density at radius 1 is 1.40 bits per heavy atom. The Kier molecular flexibility index (Phi) is 4.46. The summed E-state index contributed by atoms with van der Waals surface area (Å²) in [5.41, 5.74) is 5.60. The van der Waals surface area contributed by atoms with Gasteiger partial charge in [0.05, 0.1) is 16.0 Å². The molecule has 1 saturated heterocycles. The molecule has 1 aromatic carbocycles. The van der Waals surface area contributed by atoms with Crippen molar-refractivity contribution >= 4 is 27.1 Å². The number of rotatable bonds is 3. The zero-order valence-corrected chi connectivity index (χ0v) is 12.9. The molecule has 1 aromatic rings. The number of phenols is 1. The molecule has 1 heterocycles. The van der Waals surface area contributed by atoms with E-state index in [-0.39, 0.29) is 15.6 Å². The van der Waals surface area contributed by atoms with E-state index < -0.39 is 20.8 Å². The highest BCUT2D eigenvalue weighted by atomic mass is 35.5. The molecule has 1 fully saturated rings. The van der Waals surface area contributed by atoms with E-state index in [9.17, 15) is 13.5 Å².